The van der Waals surface area contributed by atoms with Crippen LogP contribution in [0, 0.1) is 6.92 Å². The van der Waals surface area contributed by atoms with Gasteiger partial charge in [-0.2, -0.15) is 0 Å². The van der Waals surface area contributed by atoms with Gasteiger partial charge in [0.1, 0.15) is 12.4 Å². The number of ether oxygens (including phenoxy) is 1. The SMILES string of the molecule is COCc1nc(N)cc(-c2ccc3nc(C)ccc3c2)n1. The van der Waals surface area contributed by atoms with Gasteiger partial charge < -0.3 is 10.5 Å². The fourth-order valence-corrected chi connectivity index (χ4v) is 2.25. The Morgan fingerprint density at radius 1 is 1.05 bits per heavy atom. The lowest BCUT2D eigenvalue weighted by molar-refractivity contribution is 0.178. The van der Waals surface area contributed by atoms with Crippen molar-refractivity contribution in [1.82, 2.24) is 15.0 Å². The van der Waals surface area contributed by atoms with Crippen LogP contribution >= 0.6 is 0 Å². The molecule has 2 aromatic heterocycles. The molecule has 5 heteroatoms. The molecule has 0 amide bonds. The van der Waals surface area contributed by atoms with Crippen LogP contribution in [0.5, 0.6) is 0 Å². The molecule has 0 spiro atoms. The second-order valence-corrected chi connectivity index (χ2v) is 4.89. The molecule has 3 rings (SSSR count). The summed E-state index contributed by atoms with van der Waals surface area (Å²) in [5, 5.41) is 1.07. The number of pyridine rings is 1. The first-order chi connectivity index (χ1) is 10.2. The maximum absolute atomic E-state index is 5.84. The van der Waals surface area contributed by atoms with E-state index in [1.54, 1.807) is 13.2 Å². The lowest BCUT2D eigenvalue weighted by atomic mass is 10.1. The van der Waals surface area contributed by atoms with Gasteiger partial charge in [0, 0.05) is 29.8 Å². The van der Waals surface area contributed by atoms with Crippen molar-refractivity contribution in [2.75, 3.05) is 12.8 Å². The number of rotatable bonds is 3. The zero-order valence-electron chi connectivity index (χ0n) is 12.0. The van der Waals surface area contributed by atoms with Gasteiger partial charge in [0.2, 0.25) is 0 Å². The van der Waals surface area contributed by atoms with Crippen LogP contribution in [0.3, 0.4) is 0 Å². The summed E-state index contributed by atoms with van der Waals surface area (Å²) in [7, 11) is 1.61. The molecule has 0 aliphatic heterocycles. The number of hydrogen-bond acceptors (Lipinski definition) is 5. The number of nitrogens with zero attached hydrogens (tertiary/aromatic N) is 3. The Morgan fingerprint density at radius 2 is 1.90 bits per heavy atom. The number of fused-ring (bicyclic) bond motifs is 1. The third kappa shape index (κ3) is 2.83. The molecule has 21 heavy (non-hydrogen) atoms. The summed E-state index contributed by atoms with van der Waals surface area (Å²) in [5.74, 6) is 1.02. The molecule has 0 bridgehead atoms. The van der Waals surface area contributed by atoms with Crippen LogP contribution in [-0.4, -0.2) is 22.1 Å². The summed E-state index contributed by atoms with van der Waals surface area (Å²) >= 11 is 0. The molecule has 3 aromatic rings. The van der Waals surface area contributed by atoms with E-state index in [1.807, 2.05) is 25.1 Å². The van der Waals surface area contributed by atoms with Crippen LogP contribution in [0.25, 0.3) is 22.2 Å². The zero-order valence-corrected chi connectivity index (χ0v) is 12.0. The molecule has 2 heterocycles. The monoisotopic (exact) mass is 280 g/mol. The summed E-state index contributed by atoms with van der Waals surface area (Å²) in [4.78, 5) is 13.1. The summed E-state index contributed by atoms with van der Waals surface area (Å²) in [6.07, 6.45) is 0. The minimum absolute atomic E-state index is 0.340. The van der Waals surface area contributed by atoms with Crippen LogP contribution in [-0.2, 0) is 11.3 Å². The third-order valence-electron chi connectivity index (χ3n) is 3.19. The summed E-state index contributed by atoms with van der Waals surface area (Å²) in [6, 6.07) is 11.9. The number of anilines is 1. The molecule has 0 fully saturated rings. The molecule has 2 N–H and O–H groups in total. The molecule has 5 nitrogen and oxygen atoms in total. The standard InChI is InChI=1S/C16H16N4O/c1-10-3-4-11-7-12(5-6-13(11)18-10)14-8-15(17)20-16(19-14)9-21-2/h3-8H,9H2,1-2H3,(H2,17,19,20). The minimum Gasteiger partial charge on any atom is -0.384 e. The second kappa shape index (κ2) is 5.46. The van der Waals surface area contributed by atoms with E-state index in [2.05, 4.69) is 27.1 Å². The van der Waals surface area contributed by atoms with Crippen molar-refractivity contribution in [1.29, 1.82) is 0 Å². The Balaban J connectivity index is 2.09. The minimum atomic E-state index is 0.340. The smallest absolute Gasteiger partial charge is 0.157 e. The maximum atomic E-state index is 5.84. The van der Waals surface area contributed by atoms with Crippen LogP contribution in [0.2, 0.25) is 0 Å². The Morgan fingerprint density at radius 3 is 2.71 bits per heavy atom. The third-order valence-corrected chi connectivity index (χ3v) is 3.19. The molecule has 0 saturated carbocycles. The average Bonchev–Trinajstić information content (AvgIpc) is 2.46. The Bertz CT molecular complexity index is 801. The first-order valence-corrected chi connectivity index (χ1v) is 6.66. The van der Waals surface area contributed by atoms with Gasteiger partial charge in [-0.05, 0) is 25.1 Å². The van der Waals surface area contributed by atoms with Crippen molar-refractivity contribution in [3.63, 3.8) is 0 Å². The second-order valence-electron chi connectivity index (χ2n) is 4.89. The number of nitrogens with two attached hydrogens (primary N) is 1. The van der Waals surface area contributed by atoms with E-state index in [-0.39, 0.29) is 0 Å². The highest BCUT2D eigenvalue weighted by Gasteiger charge is 2.06. The molecular weight excluding hydrogens is 264 g/mol. The molecule has 0 radical (unpaired) electrons. The molecule has 1 aromatic carbocycles. The highest BCUT2D eigenvalue weighted by molar-refractivity contribution is 5.84. The highest BCUT2D eigenvalue weighted by Crippen LogP contribution is 2.23. The fourth-order valence-electron chi connectivity index (χ4n) is 2.25. The number of benzene rings is 1. The molecule has 106 valence electrons. The summed E-state index contributed by atoms with van der Waals surface area (Å²) in [6.45, 7) is 2.32. The van der Waals surface area contributed by atoms with E-state index in [9.17, 15) is 0 Å². The topological polar surface area (TPSA) is 73.9 Å². The Labute approximate surface area is 122 Å². The van der Waals surface area contributed by atoms with Gasteiger partial charge in [-0.15, -0.1) is 0 Å². The Kier molecular flexibility index (Phi) is 3.50. The maximum Gasteiger partial charge on any atom is 0.157 e. The molecule has 0 saturated heterocycles. The lowest BCUT2D eigenvalue weighted by Gasteiger charge is -2.07. The fraction of sp³-hybridized carbons (Fsp3) is 0.188. The van der Waals surface area contributed by atoms with Crippen molar-refractivity contribution in [3.05, 3.63) is 47.9 Å². The molecule has 0 aliphatic rings. The largest absolute Gasteiger partial charge is 0.384 e. The van der Waals surface area contributed by atoms with Gasteiger partial charge in [0.15, 0.2) is 5.82 Å². The number of nitrogen functional groups attached to an aromatic ring is 1. The van der Waals surface area contributed by atoms with E-state index >= 15 is 0 Å². The van der Waals surface area contributed by atoms with Crippen molar-refractivity contribution in [3.8, 4) is 11.3 Å². The predicted molar refractivity (Wildman–Crippen MR) is 82.6 cm³/mol. The first kappa shape index (κ1) is 13.5. The number of aromatic nitrogens is 3. The van der Waals surface area contributed by atoms with E-state index in [1.165, 1.54) is 0 Å². The normalized spacial score (nSPS) is 11.0. The first-order valence-electron chi connectivity index (χ1n) is 6.66. The van der Waals surface area contributed by atoms with Crippen LogP contribution in [0.15, 0.2) is 36.4 Å². The number of hydrogen-bond donors (Lipinski definition) is 1. The van der Waals surface area contributed by atoms with E-state index in [0.717, 1.165) is 27.9 Å². The van der Waals surface area contributed by atoms with Crippen LogP contribution in [0.4, 0.5) is 5.82 Å². The van der Waals surface area contributed by atoms with Gasteiger partial charge in [-0.3, -0.25) is 4.98 Å². The van der Waals surface area contributed by atoms with Gasteiger partial charge in [0.05, 0.1) is 11.2 Å². The van der Waals surface area contributed by atoms with Crippen molar-refractivity contribution >= 4 is 16.7 Å². The highest BCUT2D eigenvalue weighted by atomic mass is 16.5. The zero-order chi connectivity index (χ0) is 14.8. The number of aryl methyl sites for hydroxylation is 1. The lowest BCUT2D eigenvalue weighted by Crippen LogP contribution is -2.02. The Hall–Kier alpha value is -2.53. The number of methoxy groups -OCH3 is 1. The predicted octanol–water partition coefficient (Wildman–Crippen LogP) is 2.73. The quantitative estimate of drug-likeness (QED) is 0.798. The summed E-state index contributed by atoms with van der Waals surface area (Å²) in [5.41, 5.74) is 9.59. The molecule has 0 atom stereocenters. The molecule has 0 unspecified atom stereocenters. The van der Waals surface area contributed by atoms with Crippen molar-refractivity contribution in [2.24, 2.45) is 0 Å². The van der Waals surface area contributed by atoms with E-state index in [4.69, 9.17) is 10.5 Å². The van der Waals surface area contributed by atoms with Crippen LogP contribution < -0.4 is 5.73 Å². The average molecular weight is 280 g/mol. The van der Waals surface area contributed by atoms with Gasteiger partial charge in [-0.1, -0.05) is 12.1 Å². The van der Waals surface area contributed by atoms with Crippen LogP contribution in [0.1, 0.15) is 11.5 Å². The van der Waals surface area contributed by atoms with Gasteiger partial charge in [-0.25, -0.2) is 9.97 Å². The van der Waals surface area contributed by atoms with Crippen molar-refractivity contribution in [2.45, 2.75) is 13.5 Å². The van der Waals surface area contributed by atoms with Gasteiger partial charge in [0.25, 0.3) is 0 Å². The van der Waals surface area contributed by atoms with Gasteiger partial charge >= 0.3 is 0 Å². The van der Waals surface area contributed by atoms with E-state index < -0.39 is 0 Å². The van der Waals surface area contributed by atoms with E-state index in [0.29, 0.717) is 18.2 Å². The van der Waals surface area contributed by atoms with Crippen molar-refractivity contribution < 1.29 is 4.74 Å². The summed E-state index contributed by atoms with van der Waals surface area (Å²) < 4.78 is 5.07. The molecule has 0 aliphatic carbocycles. The molecular formula is C16H16N4O.